The van der Waals surface area contributed by atoms with Crippen molar-refractivity contribution in [2.24, 2.45) is 5.92 Å². The predicted octanol–water partition coefficient (Wildman–Crippen LogP) is 3.07. The standard InChI is InChI=1S/C19H24N4OS/c24-19(21-9-2-1-4-14-7-10-20-11-8-14)16-12-15-13-22-17-5-3-6-18(25-16)23(15)17/h3,5-6,12-14,20H,1-2,4,7-11H2,(H,21,24). The Bertz CT molecular complexity index is 792. The SMILES string of the molecule is O=C(NCCCCC1CCNCC1)C1=Cc2cnc3cccc(n23)S1. The molecule has 2 aromatic heterocycles. The van der Waals surface area contributed by atoms with Gasteiger partial charge in [-0.2, -0.15) is 0 Å². The molecule has 1 amide bonds. The molecular formula is C19H24N4OS. The third-order valence-electron chi connectivity index (χ3n) is 5.02. The topological polar surface area (TPSA) is 58.4 Å². The molecule has 4 heterocycles. The highest BCUT2D eigenvalue weighted by Gasteiger charge is 2.19. The smallest absolute Gasteiger partial charge is 0.258 e. The number of unbranched alkanes of at least 4 members (excludes halogenated alkanes) is 1. The molecule has 0 aromatic carbocycles. The van der Waals surface area contributed by atoms with E-state index in [0.29, 0.717) is 0 Å². The Labute approximate surface area is 152 Å². The first kappa shape index (κ1) is 16.7. The van der Waals surface area contributed by atoms with Crippen molar-refractivity contribution < 1.29 is 4.79 Å². The lowest BCUT2D eigenvalue weighted by molar-refractivity contribution is -0.116. The van der Waals surface area contributed by atoms with Crippen molar-refractivity contribution in [3.05, 3.63) is 35.0 Å². The Morgan fingerprint density at radius 2 is 2.20 bits per heavy atom. The van der Waals surface area contributed by atoms with Crippen molar-refractivity contribution in [3.8, 4) is 0 Å². The van der Waals surface area contributed by atoms with Crippen LogP contribution in [0.4, 0.5) is 0 Å². The van der Waals surface area contributed by atoms with Crippen molar-refractivity contribution in [1.29, 1.82) is 0 Å². The second kappa shape index (κ2) is 7.62. The van der Waals surface area contributed by atoms with Gasteiger partial charge in [-0.1, -0.05) is 30.7 Å². The molecule has 2 N–H and O–H groups in total. The Balaban J connectivity index is 1.27. The van der Waals surface area contributed by atoms with Gasteiger partial charge in [-0.05, 0) is 56.5 Å². The fourth-order valence-electron chi connectivity index (χ4n) is 3.62. The Morgan fingerprint density at radius 3 is 3.08 bits per heavy atom. The van der Waals surface area contributed by atoms with Crippen LogP contribution in [0.2, 0.25) is 0 Å². The van der Waals surface area contributed by atoms with Gasteiger partial charge in [0.2, 0.25) is 0 Å². The number of hydrogen-bond acceptors (Lipinski definition) is 4. The van der Waals surface area contributed by atoms with Gasteiger partial charge in [-0.3, -0.25) is 9.20 Å². The summed E-state index contributed by atoms with van der Waals surface area (Å²) in [7, 11) is 0. The summed E-state index contributed by atoms with van der Waals surface area (Å²) in [6.45, 7) is 3.08. The lowest BCUT2D eigenvalue weighted by Gasteiger charge is -2.22. The number of amides is 1. The first-order valence-electron chi connectivity index (χ1n) is 9.16. The van der Waals surface area contributed by atoms with Gasteiger partial charge in [0, 0.05) is 6.54 Å². The Morgan fingerprint density at radius 1 is 1.32 bits per heavy atom. The van der Waals surface area contributed by atoms with Crippen LogP contribution in [0.1, 0.15) is 37.8 Å². The van der Waals surface area contributed by atoms with E-state index in [1.165, 1.54) is 37.4 Å². The van der Waals surface area contributed by atoms with E-state index in [9.17, 15) is 4.79 Å². The van der Waals surface area contributed by atoms with Crippen LogP contribution in [0.5, 0.6) is 0 Å². The van der Waals surface area contributed by atoms with Crippen LogP contribution < -0.4 is 10.6 Å². The molecule has 0 spiro atoms. The van der Waals surface area contributed by atoms with E-state index >= 15 is 0 Å². The van der Waals surface area contributed by atoms with E-state index in [1.54, 1.807) is 0 Å². The third kappa shape index (κ3) is 3.75. The summed E-state index contributed by atoms with van der Waals surface area (Å²) in [5.74, 6) is 0.894. The summed E-state index contributed by atoms with van der Waals surface area (Å²) in [6, 6.07) is 5.99. The third-order valence-corrected chi connectivity index (χ3v) is 6.07. The summed E-state index contributed by atoms with van der Waals surface area (Å²) in [4.78, 5) is 17.6. The van der Waals surface area contributed by atoms with Crippen LogP contribution in [0, 0.1) is 5.92 Å². The molecule has 0 aliphatic carbocycles. The summed E-state index contributed by atoms with van der Waals surface area (Å²) < 4.78 is 2.08. The summed E-state index contributed by atoms with van der Waals surface area (Å²) in [5, 5.41) is 7.53. The van der Waals surface area contributed by atoms with Crippen molar-refractivity contribution >= 4 is 29.4 Å². The summed E-state index contributed by atoms with van der Waals surface area (Å²) >= 11 is 1.51. The number of pyridine rings is 1. The number of thioether (sulfide) groups is 1. The van der Waals surface area contributed by atoms with E-state index in [4.69, 9.17) is 0 Å². The van der Waals surface area contributed by atoms with Gasteiger partial charge in [0.15, 0.2) is 0 Å². The quantitative estimate of drug-likeness (QED) is 0.781. The first-order valence-corrected chi connectivity index (χ1v) is 9.98. The van der Waals surface area contributed by atoms with E-state index in [1.807, 2.05) is 30.5 Å². The van der Waals surface area contributed by atoms with Crippen LogP contribution in [-0.4, -0.2) is 34.9 Å². The van der Waals surface area contributed by atoms with Crippen LogP contribution in [0.3, 0.4) is 0 Å². The second-order valence-electron chi connectivity index (χ2n) is 6.80. The molecule has 0 bridgehead atoms. The number of nitrogens with zero attached hydrogens (tertiary/aromatic N) is 2. The van der Waals surface area contributed by atoms with Gasteiger partial charge in [-0.15, -0.1) is 0 Å². The first-order chi connectivity index (χ1) is 12.3. The van der Waals surface area contributed by atoms with Crippen molar-refractivity contribution in [3.63, 3.8) is 0 Å². The maximum Gasteiger partial charge on any atom is 0.258 e. The van der Waals surface area contributed by atoms with E-state index in [2.05, 4.69) is 20.0 Å². The number of nitrogens with one attached hydrogen (secondary N) is 2. The minimum absolute atomic E-state index is 0.0244. The van der Waals surface area contributed by atoms with Crippen LogP contribution in [0.25, 0.3) is 11.7 Å². The van der Waals surface area contributed by atoms with Gasteiger partial charge < -0.3 is 10.6 Å². The van der Waals surface area contributed by atoms with E-state index in [-0.39, 0.29) is 5.91 Å². The predicted molar refractivity (Wildman–Crippen MR) is 101 cm³/mol. The van der Waals surface area contributed by atoms with Crippen LogP contribution >= 0.6 is 11.8 Å². The molecule has 5 nitrogen and oxygen atoms in total. The second-order valence-corrected chi connectivity index (χ2v) is 7.86. The maximum absolute atomic E-state index is 12.5. The average molecular weight is 356 g/mol. The van der Waals surface area contributed by atoms with Gasteiger partial charge in [0.1, 0.15) is 5.65 Å². The van der Waals surface area contributed by atoms with Crippen LogP contribution in [0.15, 0.2) is 34.3 Å². The molecule has 2 aromatic rings. The zero-order valence-corrected chi connectivity index (χ0v) is 15.1. The lowest BCUT2D eigenvalue weighted by Crippen LogP contribution is -2.28. The van der Waals surface area contributed by atoms with Gasteiger partial charge in [0.05, 0.1) is 21.8 Å². The zero-order chi connectivity index (χ0) is 17.1. The molecule has 132 valence electrons. The van der Waals surface area contributed by atoms with E-state index in [0.717, 1.165) is 53.2 Å². The number of aromatic nitrogens is 2. The highest BCUT2D eigenvalue weighted by Crippen LogP contribution is 2.34. The fourth-order valence-corrected chi connectivity index (χ4v) is 4.62. The number of carbonyl (C=O) groups is 1. The summed E-state index contributed by atoms with van der Waals surface area (Å²) in [6.07, 6.45) is 9.90. The number of rotatable bonds is 6. The number of piperidine rings is 1. The highest BCUT2D eigenvalue weighted by molar-refractivity contribution is 8.04. The molecule has 4 rings (SSSR count). The molecular weight excluding hydrogens is 332 g/mol. The Kier molecular flexibility index (Phi) is 5.08. The summed E-state index contributed by atoms with van der Waals surface area (Å²) in [5.41, 5.74) is 1.90. The van der Waals surface area contributed by atoms with Crippen molar-refractivity contribution in [1.82, 2.24) is 20.0 Å². The molecule has 6 heteroatoms. The number of imidazole rings is 1. The largest absolute Gasteiger partial charge is 0.352 e. The number of carbonyl (C=O) groups excluding carboxylic acids is 1. The monoisotopic (exact) mass is 356 g/mol. The Hall–Kier alpha value is -1.79. The maximum atomic E-state index is 12.5. The number of hydrogen-bond donors (Lipinski definition) is 2. The molecule has 2 aliphatic rings. The molecule has 1 saturated heterocycles. The van der Waals surface area contributed by atoms with Crippen LogP contribution in [-0.2, 0) is 4.79 Å². The minimum Gasteiger partial charge on any atom is -0.352 e. The molecule has 25 heavy (non-hydrogen) atoms. The van der Waals surface area contributed by atoms with Crippen molar-refractivity contribution in [2.75, 3.05) is 19.6 Å². The minimum atomic E-state index is 0.0244. The molecule has 0 radical (unpaired) electrons. The normalized spacial score (nSPS) is 17.5. The van der Waals surface area contributed by atoms with E-state index < -0.39 is 0 Å². The average Bonchev–Trinajstić information content (AvgIpc) is 3.07. The molecule has 0 unspecified atom stereocenters. The van der Waals surface area contributed by atoms with Crippen molar-refractivity contribution in [2.45, 2.75) is 37.1 Å². The zero-order valence-electron chi connectivity index (χ0n) is 14.3. The molecule has 0 atom stereocenters. The fraction of sp³-hybridized carbons (Fsp3) is 0.474. The molecule has 1 fully saturated rings. The van der Waals surface area contributed by atoms with Gasteiger partial charge in [-0.25, -0.2) is 4.98 Å². The van der Waals surface area contributed by atoms with Gasteiger partial charge >= 0.3 is 0 Å². The van der Waals surface area contributed by atoms with Gasteiger partial charge in [0.25, 0.3) is 5.91 Å². The molecule has 0 saturated carbocycles. The molecule has 2 aliphatic heterocycles. The lowest BCUT2D eigenvalue weighted by atomic mass is 9.92. The highest BCUT2D eigenvalue weighted by atomic mass is 32.2.